The summed E-state index contributed by atoms with van der Waals surface area (Å²) < 4.78 is 11.7. The lowest BCUT2D eigenvalue weighted by atomic mass is 9.85. The van der Waals surface area contributed by atoms with E-state index in [1.807, 2.05) is 12.1 Å². The van der Waals surface area contributed by atoms with Crippen LogP contribution in [0.1, 0.15) is 11.1 Å². The molecule has 4 aliphatic rings. The Balaban J connectivity index is 1.06. The fourth-order valence-corrected chi connectivity index (χ4v) is 5.98. The molecular weight excluding hydrogens is 484 g/mol. The van der Waals surface area contributed by atoms with Gasteiger partial charge in [-0.15, -0.1) is 0 Å². The molecule has 0 aromatic carbocycles. The van der Waals surface area contributed by atoms with Crippen LogP contribution in [-0.4, -0.2) is 84.5 Å². The van der Waals surface area contributed by atoms with Gasteiger partial charge in [0.25, 0.3) is 0 Å². The monoisotopic (exact) mass is 514 g/mol. The number of esters is 2. The van der Waals surface area contributed by atoms with E-state index in [1.165, 1.54) is 0 Å². The summed E-state index contributed by atoms with van der Waals surface area (Å²) in [6.45, 7) is 11.2. The molecule has 2 aromatic rings. The smallest absolute Gasteiger partial charge is 0.331 e. The lowest BCUT2D eigenvalue weighted by molar-refractivity contribution is -0.160. The molecule has 6 heterocycles. The number of carbonyl (C=O) groups is 2. The second kappa shape index (κ2) is 9.38. The molecule has 4 aliphatic heterocycles. The molecule has 4 fully saturated rings. The lowest BCUT2D eigenvalue weighted by Gasteiger charge is -2.53. The largest absolute Gasteiger partial charge is 0.450 e. The Labute approximate surface area is 221 Å². The van der Waals surface area contributed by atoms with Gasteiger partial charge in [0.2, 0.25) is 0 Å². The van der Waals surface area contributed by atoms with Crippen molar-refractivity contribution < 1.29 is 19.1 Å². The van der Waals surface area contributed by atoms with E-state index < -0.39 is 23.1 Å². The van der Waals surface area contributed by atoms with Gasteiger partial charge in [0.1, 0.15) is 0 Å². The SMILES string of the molecule is C=Cc1cncc(N2C[C@@]3(OC(=O)/C=C/C(=O)O[C@]45CNC[C@@H]4N(c4cncc(C=C)c4)C5)CNC[C@H]23)c1. The van der Waals surface area contributed by atoms with Gasteiger partial charge in [-0.2, -0.15) is 0 Å². The molecule has 6 rings (SSSR count). The summed E-state index contributed by atoms with van der Waals surface area (Å²) in [6, 6.07) is 4.01. The maximum Gasteiger partial charge on any atom is 0.331 e. The Bertz CT molecular complexity index is 1230. The van der Waals surface area contributed by atoms with Crippen molar-refractivity contribution in [2.24, 2.45) is 0 Å². The fourth-order valence-electron chi connectivity index (χ4n) is 5.98. The van der Waals surface area contributed by atoms with E-state index in [0.717, 1.165) is 34.7 Å². The molecule has 196 valence electrons. The molecule has 0 spiro atoms. The highest BCUT2D eigenvalue weighted by molar-refractivity contribution is 5.92. The molecule has 0 amide bonds. The van der Waals surface area contributed by atoms with Crippen LogP contribution in [0.25, 0.3) is 12.2 Å². The summed E-state index contributed by atoms with van der Waals surface area (Å²) in [5, 5.41) is 6.63. The molecule has 10 nitrogen and oxygen atoms in total. The minimum absolute atomic E-state index is 0.00656. The molecule has 0 unspecified atom stereocenters. The van der Waals surface area contributed by atoms with Crippen molar-refractivity contribution >= 4 is 35.5 Å². The molecular formula is C28H30N6O4. The maximum absolute atomic E-state index is 12.7. The third-order valence-corrected chi connectivity index (χ3v) is 7.95. The van der Waals surface area contributed by atoms with Gasteiger partial charge >= 0.3 is 11.9 Å². The Morgan fingerprint density at radius 1 is 0.816 bits per heavy atom. The number of carbonyl (C=O) groups excluding carboxylic acids is 2. The molecule has 10 heteroatoms. The fraction of sp³-hybridized carbons (Fsp3) is 0.357. The summed E-state index contributed by atoms with van der Waals surface area (Å²) in [4.78, 5) is 38.3. The number of aromatic nitrogens is 2. The van der Waals surface area contributed by atoms with Crippen molar-refractivity contribution in [3.63, 3.8) is 0 Å². The molecule has 2 aromatic heterocycles. The Morgan fingerprint density at radius 2 is 1.26 bits per heavy atom. The lowest BCUT2D eigenvalue weighted by Crippen LogP contribution is -2.71. The zero-order valence-electron chi connectivity index (χ0n) is 21.0. The van der Waals surface area contributed by atoms with Gasteiger partial charge in [0, 0.05) is 50.7 Å². The number of nitrogens with one attached hydrogen (secondary N) is 2. The summed E-state index contributed by atoms with van der Waals surface area (Å²) >= 11 is 0. The zero-order chi connectivity index (χ0) is 26.3. The molecule has 38 heavy (non-hydrogen) atoms. The molecule has 2 N–H and O–H groups in total. The Morgan fingerprint density at radius 3 is 1.68 bits per heavy atom. The number of nitrogens with zero attached hydrogens (tertiary/aromatic N) is 4. The van der Waals surface area contributed by atoms with E-state index in [1.54, 1.807) is 36.9 Å². The highest BCUT2D eigenvalue weighted by atomic mass is 16.6. The van der Waals surface area contributed by atoms with Crippen LogP contribution in [0.3, 0.4) is 0 Å². The number of hydrogen-bond donors (Lipinski definition) is 2. The first kappa shape index (κ1) is 24.3. The predicted octanol–water partition coefficient (Wildman–Crippen LogP) is 1.17. The predicted molar refractivity (Wildman–Crippen MR) is 143 cm³/mol. The van der Waals surface area contributed by atoms with Crippen molar-refractivity contribution in [2.45, 2.75) is 23.3 Å². The highest BCUT2D eigenvalue weighted by Crippen LogP contribution is 2.41. The summed E-state index contributed by atoms with van der Waals surface area (Å²) in [5.74, 6) is -1.12. The average molecular weight is 515 g/mol. The van der Waals surface area contributed by atoms with E-state index in [-0.39, 0.29) is 12.1 Å². The first-order valence-electron chi connectivity index (χ1n) is 12.7. The van der Waals surface area contributed by atoms with Crippen molar-refractivity contribution in [1.82, 2.24) is 20.6 Å². The summed E-state index contributed by atoms with van der Waals surface area (Å²) in [6.07, 6.45) is 12.9. The molecule has 4 saturated heterocycles. The van der Waals surface area contributed by atoms with E-state index in [4.69, 9.17) is 9.47 Å². The molecule has 0 bridgehead atoms. The van der Waals surface area contributed by atoms with Gasteiger partial charge in [0.15, 0.2) is 11.2 Å². The van der Waals surface area contributed by atoms with Crippen LogP contribution < -0.4 is 20.4 Å². The third-order valence-electron chi connectivity index (χ3n) is 7.95. The van der Waals surface area contributed by atoms with Crippen LogP contribution in [0.4, 0.5) is 11.4 Å². The number of rotatable bonds is 8. The average Bonchev–Trinajstić information content (AvgIpc) is 3.40. The number of pyridine rings is 2. The van der Waals surface area contributed by atoms with E-state index in [0.29, 0.717) is 39.3 Å². The minimum atomic E-state index is -0.642. The van der Waals surface area contributed by atoms with E-state index in [2.05, 4.69) is 43.6 Å². The second-order valence-corrected chi connectivity index (χ2v) is 10.2. The van der Waals surface area contributed by atoms with Crippen molar-refractivity contribution in [1.29, 1.82) is 0 Å². The van der Waals surface area contributed by atoms with E-state index >= 15 is 0 Å². The first-order chi connectivity index (χ1) is 18.4. The summed E-state index contributed by atoms with van der Waals surface area (Å²) in [7, 11) is 0. The van der Waals surface area contributed by atoms with Crippen LogP contribution in [0, 0.1) is 0 Å². The van der Waals surface area contributed by atoms with Crippen LogP contribution in [0.5, 0.6) is 0 Å². The molecule has 0 saturated carbocycles. The highest BCUT2D eigenvalue weighted by Gasteiger charge is 2.60. The number of hydrogen-bond acceptors (Lipinski definition) is 10. The van der Waals surface area contributed by atoms with Crippen LogP contribution >= 0.6 is 0 Å². The normalized spacial score (nSPS) is 29.2. The zero-order valence-corrected chi connectivity index (χ0v) is 21.0. The first-order valence-corrected chi connectivity index (χ1v) is 12.7. The Kier molecular flexibility index (Phi) is 6.00. The van der Waals surface area contributed by atoms with Gasteiger partial charge in [-0.3, -0.25) is 9.97 Å². The molecule has 4 atom stereocenters. The van der Waals surface area contributed by atoms with Crippen molar-refractivity contribution in [2.75, 3.05) is 49.1 Å². The van der Waals surface area contributed by atoms with Crippen LogP contribution in [-0.2, 0) is 19.1 Å². The second-order valence-electron chi connectivity index (χ2n) is 10.2. The van der Waals surface area contributed by atoms with Gasteiger partial charge < -0.3 is 29.9 Å². The van der Waals surface area contributed by atoms with Crippen LogP contribution in [0.2, 0.25) is 0 Å². The standard InChI is InChI=1S/C28H30N6O4/c1-3-19-7-21(11-29-9-19)33-17-27(15-31-13-23(27)33)37-25(35)5-6-26(36)38-28-16-32-14-24(28)34(18-28)22-8-20(4-2)10-30-12-22/h3-12,23-24,31-32H,1-2,13-18H2/b6-5+/t23-,24-,27-,28-/m0/s1. The van der Waals surface area contributed by atoms with Gasteiger partial charge in [0.05, 0.1) is 48.9 Å². The van der Waals surface area contributed by atoms with Gasteiger partial charge in [-0.25, -0.2) is 9.59 Å². The quantitative estimate of drug-likeness (QED) is 0.394. The van der Waals surface area contributed by atoms with Crippen molar-refractivity contribution in [3.8, 4) is 0 Å². The Hall–Kier alpha value is -4.02. The molecule has 0 aliphatic carbocycles. The molecule has 0 radical (unpaired) electrons. The maximum atomic E-state index is 12.7. The number of anilines is 2. The van der Waals surface area contributed by atoms with Gasteiger partial charge in [-0.05, 0) is 23.3 Å². The van der Waals surface area contributed by atoms with Crippen molar-refractivity contribution in [3.05, 3.63) is 73.4 Å². The summed E-state index contributed by atoms with van der Waals surface area (Å²) in [5.41, 5.74) is 2.50. The minimum Gasteiger partial charge on any atom is -0.450 e. The number of fused-ring (bicyclic) bond motifs is 2. The third kappa shape index (κ3) is 4.06. The topological polar surface area (TPSA) is 109 Å². The number of ether oxygens (including phenoxy) is 2. The van der Waals surface area contributed by atoms with Crippen LogP contribution in [0.15, 0.2) is 62.2 Å². The van der Waals surface area contributed by atoms with Gasteiger partial charge in [-0.1, -0.05) is 25.3 Å². The van der Waals surface area contributed by atoms with E-state index in [9.17, 15) is 9.59 Å².